The van der Waals surface area contributed by atoms with Crippen molar-refractivity contribution in [3.05, 3.63) is 0 Å². The Bertz CT molecular complexity index is 299. The first-order chi connectivity index (χ1) is 8.39. The van der Waals surface area contributed by atoms with E-state index < -0.39 is 10.0 Å². The Morgan fingerprint density at radius 3 is 2.00 bits per heavy atom. The Labute approximate surface area is 111 Å². The molecule has 0 rings (SSSR count). The molecule has 0 aromatic heterocycles. The van der Waals surface area contributed by atoms with E-state index in [9.17, 15) is 8.42 Å². The van der Waals surface area contributed by atoms with Crippen LogP contribution in [0.4, 0.5) is 0 Å². The first-order valence-electron chi connectivity index (χ1n) is 6.55. The molecule has 0 amide bonds. The zero-order valence-electron chi connectivity index (χ0n) is 11.8. The molecular formula is C12H27NO4S. The summed E-state index contributed by atoms with van der Waals surface area (Å²) in [4.78, 5) is 0. The Hall–Kier alpha value is -0.170. The molecule has 110 valence electrons. The Morgan fingerprint density at radius 2 is 1.56 bits per heavy atom. The zero-order chi connectivity index (χ0) is 14.1. The average molecular weight is 281 g/mol. The van der Waals surface area contributed by atoms with Gasteiger partial charge in [-0.25, -0.2) is 13.6 Å². The number of hydrogen-bond acceptors (Lipinski definition) is 4. The van der Waals surface area contributed by atoms with Gasteiger partial charge in [0.05, 0.1) is 25.6 Å². The molecule has 18 heavy (non-hydrogen) atoms. The molecule has 0 aromatic carbocycles. The summed E-state index contributed by atoms with van der Waals surface area (Å²) in [5.41, 5.74) is -0.377. The third kappa shape index (κ3) is 8.02. The number of nitrogens with two attached hydrogens (primary N) is 1. The van der Waals surface area contributed by atoms with E-state index in [0.717, 1.165) is 25.9 Å². The molecule has 0 heterocycles. The molecule has 0 spiro atoms. The molecule has 0 aliphatic rings. The van der Waals surface area contributed by atoms with E-state index >= 15 is 0 Å². The molecule has 5 nitrogen and oxygen atoms in total. The lowest BCUT2D eigenvalue weighted by molar-refractivity contribution is 0.00844. The van der Waals surface area contributed by atoms with E-state index in [4.69, 9.17) is 14.6 Å². The third-order valence-corrected chi connectivity index (χ3v) is 4.15. The lowest BCUT2D eigenvalue weighted by Gasteiger charge is -2.30. The van der Waals surface area contributed by atoms with Crippen LogP contribution in [0.25, 0.3) is 0 Å². The normalized spacial score (nSPS) is 12.9. The van der Waals surface area contributed by atoms with Crippen LogP contribution in [-0.4, -0.2) is 40.6 Å². The van der Waals surface area contributed by atoms with Gasteiger partial charge in [-0.15, -0.1) is 0 Å². The van der Waals surface area contributed by atoms with Crippen molar-refractivity contribution in [2.24, 2.45) is 10.6 Å². The van der Waals surface area contributed by atoms with Gasteiger partial charge in [0.25, 0.3) is 0 Å². The summed E-state index contributed by atoms with van der Waals surface area (Å²) in [6, 6.07) is 0. The van der Waals surface area contributed by atoms with E-state index in [2.05, 4.69) is 0 Å². The van der Waals surface area contributed by atoms with Crippen molar-refractivity contribution in [3.8, 4) is 0 Å². The van der Waals surface area contributed by atoms with Crippen LogP contribution in [0, 0.1) is 5.41 Å². The maximum atomic E-state index is 11.2. The van der Waals surface area contributed by atoms with E-state index in [1.807, 2.05) is 20.8 Å². The Morgan fingerprint density at radius 1 is 1.00 bits per heavy atom. The van der Waals surface area contributed by atoms with Crippen LogP contribution in [0.3, 0.4) is 0 Å². The Kier molecular flexibility index (Phi) is 8.77. The van der Waals surface area contributed by atoms with Gasteiger partial charge in [0.2, 0.25) is 10.0 Å². The molecule has 0 aromatic rings. The number of sulfonamides is 1. The maximum absolute atomic E-state index is 11.2. The average Bonchev–Trinajstić information content (AvgIpc) is 2.30. The largest absolute Gasteiger partial charge is 0.379 e. The second kappa shape index (κ2) is 8.85. The molecule has 0 unspecified atom stereocenters. The van der Waals surface area contributed by atoms with Gasteiger partial charge in [-0.3, -0.25) is 0 Å². The van der Waals surface area contributed by atoms with Crippen molar-refractivity contribution in [2.75, 3.05) is 32.2 Å². The maximum Gasteiger partial charge on any atom is 0.209 e. The molecule has 0 fully saturated rings. The van der Waals surface area contributed by atoms with Gasteiger partial charge in [-0.1, -0.05) is 20.8 Å². The van der Waals surface area contributed by atoms with Gasteiger partial charge < -0.3 is 9.47 Å². The summed E-state index contributed by atoms with van der Waals surface area (Å²) < 4.78 is 33.3. The van der Waals surface area contributed by atoms with Gasteiger partial charge in [0, 0.05) is 12.0 Å². The van der Waals surface area contributed by atoms with Crippen LogP contribution in [0.5, 0.6) is 0 Å². The minimum atomic E-state index is -3.47. The lowest BCUT2D eigenvalue weighted by atomic mass is 9.85. The van der Waals surface area contributed by atoms with Crippen molar-refractivity contribution in [1.29, 1.82) is 0 Å². The van der Waals surface area contributed by atoms with Gasteiger partial charge >= 0.3 is 0 Å². The molecule has 0 radical (unpaired) electrons. The van der Waals surface area contributed by atoms with Crippen molar-refractivity contribution in [2.45, 2.75) is 40.0 Å². The molecule has 0 saturated heterocycles. The topological polar surface area (TPSA) is 78.6 Å². The van der Waals surface area contributed by atoms with Gasteiger partial charge in [-0.05, 0) is 19.3 Å². The van der Waals surface area contributed by atoms with Crippen LogP contribution in [0.2, 0.25) is 0 Å². The highest BCUT2D eigenvalue weighted by molar-refractivity contribution is 7.89. The van der Waals surface area contributed by atoms with E-state index in [1.54, 1.807) is 0 Å². The zero-order valence-corrected chi connectivity index (χ0v) is 12.6. The highest BCUT2D eigenvalue weighted by atomic mass is 32.2. The van der Waals surface area contributed by atoms with Crippen molar-refractivity contribution in [1.82, 2.24) is 0 Å². The Balaban J connectivity index is 4.11. The van der Waals surface area contributed by atoms with Crippen LogP contribution >= 0.6 is 0 Å². The molecule has 0 bridgehead atoms. The number of hydrogen-bond donors (Lipinski definition) is 1. The predicted molar refractivity (Wildman–Crippen MR) is 72.9 cm³/mol. The van der Waals surface area contributed by atoms with Crippen molar-refractivity contribution >= 4 is 10.0 Å². The monoisotopic (exact) mass is 281 g/mol. The SMILES string of the molecule is CCCOCCOCC(CC)(CC)CS(N)(=O)=O. The number of primary sulfonamides is 1. The minimum absolute atomic E-state index is 0.0250. The van der Waals surface area contributed by atoms with Crippen molar-refractivity contribution in [3.63, 3.8) is 0 Å². The second-order valence-corrected chi connectivity index (χ2v) is 6.29. The lowest BCUT2D eigenvalue weighted by Crippen LogP contribution is -2.37. The van der Waals surface area contributed by atoms with Gasteiger partial charge in [0.15, 0.2) is 0 Å². The summed E-state index contributed by atoms with van der Waals surface area (Å²) in [5, 5.41) is 5.13. The summed E-state index contributed by atoms with van der Waals surface area (Å²) in [6.45, 7) is 8.15. The molecule has 0 aliphatic heterocycles. The van der Waals surface area contributed by atoms with E-state index in [1.165, 1.54) is 0 Å². The first kappa shape index (κ1) is 17.8. The number of rotatable bonds is 11. The van der Waals surface area contributed by atoms with Crippen LogP contribution in [0.1, 0.15) is 40.0 Å². The predicted octanol–water partition coefficient (Wildman–Crippen LogP) is 1.52. The highest BCUT2D eigenvalue weighted by Gasteiger charge is 2.31. The first-order valence-corrected chi connectivity index (χ1v) is 8.26. The van der Waals surface area contributed by atoms with Crippen molar-refractivity contribution < 1.29 is 17.9 Å². The second-order valence-electron chi connectivity index (χ2n) is 4.68. The summed E-state index contributed by atoms with van der Waals surface area (Å²) in [7, 11) is -3.47. The van der Waals surface area contributed by atoms with E-state index in [0.29, 0.717) is 19.8 Å². The van der Waals surface area contributed by atoms with Crippen LogP contribution in [0.15, 0.2) is 0 Å². The molecule has 0 saturated carbocycles. The van der Waals surface area contributed by atoms with Gasteiger partial charge in [-0.2, -0.15) is 0 Å². The summed E-state index contributed by atoms with van der Waals surface area (Å²) in [5.74, 6) is -0.0250. The highest BCUT2D eigenvalue weighted by Crippen LogP contribution is 2.28. The third-order valence-electron chi connectivity index (χ3n) is 3.14. The molecular weight excluding hydrogens is 254 g/mol. The quantitative estimate of drug-likeness (QED) is 0.582. The van der Waals surface area contributed by atoms with E-state index in [-0.39, 0.29) is 11.2 Å². The fraction of sp³-hybridized carbons (Fsp3) is 1.00. The molecule has 2 N–H and O–H groups in total. The summed E-state index contributed by atoms with van der Waals surface area (Å²) in [6.07, 6.45) is 2.45. The smallest absolute Gasteiger partial charge is 0.209 e. The standard InChI is InChI=1S/C12H27NO4S/c1-4-7-16-8-9-17-10-12(5-2,6-3)11-18(13,14)15/h4-11H2,1-3H3,(H2,13,14,15). The molecule has 0 aliphatic carbocycles. The fourth-order valence-corrected chi connectivity index (χ4v) is 3.12. The minimum Gasteiger partial charge on any atom is -0.379 e. The van der Waals surface area contributed by atoms with Crippen LogP contribution in [-0.2, 0) is 19.5 Å². The fourth-order valence-electron chi connectivity index (χ4n) is 1.78. The van der Waals surface area contributed by atoms with Gasteiger partial charge in [0.1, 0.15) is 0 Å². The number of ether oxygens (including phenoxy) is 2. The molecule has 0 atom stereocenters. The summed E-state index contributed by atoms with van der Waals surface area (Å²) >= 11 is 0. The van der Waals surface area contributed by atoms with Crippen LogP contribution < -0.4 is 5.14 Å². The molecule has 6 heteroatoms.